The molecule has 0 amide bonds. The van der Waals surface area contributed by atoms with Gasteiger partial charge in [-0.2, -0.15) is 5.26 Å². The van der Waals surface area contributed by atoms with Gasteiger partial charge in [0.05, 0.1) is 11.1 Å². The van der Waals surface area contributed by atoms with Crippen molar-refractivity contribution in [1.82, 2.24) is 0 Å². The minimum Gasteiger partial charge on any atom is -0.456 e. The number of carbonyl (C=O) groups excluding carboxylic acids is 1. The Bertz CT molecular complexity index is 680. The standard InChI is InChI=1S/C14H7BrFNO2/c15-11-3-1-10(8-18)14(5-11)19-12-4-2-9(7-17)13(16)6-12/h1-6,8H. The van der Waals surface area contributed by atoms with E-state index in [4.69, 9.17) is 10.00 Å². The average Bonchev–Trinajstić information content (AvgIpc) is 2.39. The molecule has 2 aromatic rings. The first-order valence-corrected chi connectivity index (χ1v) is 6.05. The summed E-state index contributed by atoms with van der Waals surface area (Å²) in [6, 6.07) is 10.5. The summed E-state index contributed by atoms with van der Waals surface area (Å²) >= 11 is 3.26. The summed E-state index contributed by atoms with van der Waals surface area (Å²) < 4.78 is 19.6. The molecule has 0 saturated carbocycles. The lowest BCUT2D eigenvalue weighted by Gasteiger charge is -2.08. The van der Waals surface area contributed by atoms with Gasteiger partial charge in [-0.05, 0) is 30.3 Å². The van der Waals surface area contributed by atoms with Crippen molar-refractivity contribution in [2.75, 3.05) is 0 Å². The quantitative estimate of drug-likeness (QED) is 0.801. The van der Waals surface area contributed by atoms with Crippen LogP contribution >= 0.6 is 15.9 Å². The van der Waals surface area contributed by atoms with Crippen LogP contribution in [0.25, 0.3) is 0 Å². The Morgan fingerprint density at radius 1 is 1.26 bits per heavy atom. The van der Waals surface area contributed by atoms with Gasteiger partial charge in [-0.15, -0.1) is 0 Å². The first-order valence-electron chi connectivity index (χ1n) is 5.26. The molecular weight excluding hydrogens is 313 g/mol. The van der Waals surface area contributed by atoms with E-state index in [1.54, 1.807) is 24.3 Å². The average molecular weight is 320 g/mol. The van der Waals surface area contributed by atoms with Crippen molar-refractivity contribution in [3.8, 4) is 17.6 Å². The highest BCUT2D eigenvalue weighted by Crippen LogP contribution is 2.28. The SMILES string of the molecule is N#Cc1ccc(Oc2cc(Br)ccc2C=O)cc1F. The molecule has 0 aliphatic heterocycles. The highest BCUT2D eigenvalue weighted by atomic mass is 79.9. The fraction of sp³-hybridized carbons (Fsp3) is 0. The summed E-state index contributed by atoms with van der Waals surface area (Å²) in [6.07, 6.45) is 0.655. The molecule has 0 spiro atoms. The molecule has 2 aromatic carbocycles. The Morgan fingerprint density at radius 2 is 2.05 bits per heavy atom. The number of hydrogen-bond donors (Lipinski definition) is 0. The number of ether oxygens (including phenoxy) is 1. The van der Waals surface area contributed by atoms with Gasteiger partial charge in [0.2, 0.25) is 0 Å². The van der Waals surface area contributed by atoms with Crippen LogP contribution in [0, 0.1) is 17.1 Å². The van der Waals surface area contributed by atoms with Crippen molar-refractivity contribution < 1.29 is 13.9 Å². The molecule has 5 heteroatoms. The molecule has 3 nitrogen and oxygen atoms in total. The maximum Gasteiger partial charge on any atom is 0.153 e. The van der Waals surface area contributed by atoms with E-state index in [0.29, 0.717) is 17.6 Å². The van der Waals surface area contributed by atoms with E-state index in [9.17, 15) is 9.18 Å². The van der Waals surface area contributed by atoms with Gasteiger partial charge in [-0.25, -0.2) is 4.39 Å². The zero-order valence-corrected chi connectivity index (χ0v) is 11.1. The fourth-order valence-electron chi connectivity index (χ4n) is 1.47. The van der Waals surface area contributed by atoms with Crippen molar-refractivity contribution in [2.24, 2.45) is 0 Å². The number of carbonyl (C=O) groups is 1. The molecular formula is C14H7BrFNO2. The van der Waals surface area contributed by atoms with E-state index < -0.39 is 5.82 Å². The van der Waals surface area contributed by atoms with E-state index in [2.05, 4.69) is 15.9 Å². The first kappa shape index (κ1) is 13.2. The summed E-state index contributed by atoms with van der Waals surface area (Å²) in [4.78, 5) is 10.9. The van der Waals surface area contributed by atoms with Crippen LogP contribution in [-0.2, 0) is 0 Å². The zero-order chi connectivity index (χ0) is 13.8. The second-order valence-electron chi connectivity index (χ2n) is 3.66. The lowest BCUT2D eigenvalue weighted by atomic mass is 10.2. The molecule has 0 heterocycles. The van der Waals surface area contributed by atoms with E-state index in [1.807, 2.05) is 0 Å². The predicted molar refractivity (Wildman–Crippen MR) is 70.7 cm³/mol. The minimum absolute atomic E-state index is 0.0581. The van der Waals surface area contributed by atoms with Gasteiger partial charge in [-0.1, -0.05) is 15.9 Å². The molecule has 0 unspecified atom stereocenters. The molecule has 2 rings (SSSR count). The number of hydrogen-bond acceptors (Lipinski definition) is 3. The molecule has 0 fully saturated rings. The van der Waals surface area contributed by atoms with Crippen LogP contribution in [0.3, 0.4) is 0 Å². The molecule has 0 bridgehead atoms. The van der Waals surface area contributed by atoms with Crippen molar-refractivity contribution in [3.05, 3.63) is 57.8 Å². The number of rotatable bonds is 3. The predicted octanol–water partition coefficient (Wildman–Crippen LogP) is 4.06. The molecule has 0 aromatic heterocycles. The third-order valence-electron chi connectivity index (χ3n) is 2.39. The molecule has 0 radical (unpaired) electrons. The van der Waals surface area contributed by atoms with Crippen LogP contribution < -0.4 is 4.74 Å². The van der Waals surface area contributed by atoms with Gasteiger partial charge in [-0.3, -0.25) is 4.79 Å². The van der Waals surface area contributed by atoms with E-state index >= 15 is 0 Å². The van der Waals surface area contributed by atoms with Gasteiger partial charge < -0.3 is 4.74 Å². The van der Waals surface area contributed by atoms with Crippen molar-refractivity contribution >= 4 is 22.2 Å². The molecule has 0 aliphatic rings. The molecule has 0 saturated heterocycles. The topological polar surface area (TPSA) is 50.1 Å². The Balaban J connectivity index is 2.36. The highest BCUT2D eigenvalue weighted by molar-refractivity contribution is 9.10. The van der Waals surface area contributed by atoms with Crippen molar-refractivity contribution in [2.45, 2.75) is 0 Å². The number of halogens is 2. The largest absolute Gasteiger partial charge is 0.456 e. The number of benzene rings is 2. The second kappa shape index (κ2) is 5.63. The van der Waals surface area contributed by atoms with Crippen LogP contribution in [-0.4, -0.2) is 6.29 Å². The maximum atomic E-state index is 13.4. The number of nitriles is 1. The Labute approximate surface area is 117 Å². The third-order valence-corrected chi connectivity index (χ3v) is 2.88. The zero-order valence-electron chi connectivity index (χ0n) is 9.56. The summed E-state index contributed by atoms with van der Waals surface area (Å²) in [7, 11) is 0. The van der Waals surface area contributed by atoms with Crippen LogP contribution in [0.15, 0.2) is 40.9 Å². The van der Waals surface area contributed by atoms with Gasteiger partial charge in [0.1, 0.15) is 23.4 Å². The summed E-state index contributed by atoms with van der Waals surface area (Å²) in [5, 5.41) is 8.63. The molecule has 19 heavy (non-hydrogen) atoms. The highest BCUT2D eigenvalue weighted by Gasteiger charge is 2.08. The van der Waals surface area contributed by atoms with Crippen molar-refractivity contribution in [1.29, 1.82) is 5.26 Å². The van der Waals surface area contributed by atoms with Crippen molar-refractivity contribution in [3.63, 3.8) is 0 Å². The van der Waals surface area contributed by atoms with Crippen LogP contribution in [0.5, 0.6) is 11.5 Å². The second-order valence-corrected chi connectivity index (χ2v) is 4.57. The molecule has 94 valence electrons. The fourth-order valence-corrected chi connectivity index (χ4v) is 1.81. The normalized spacial score (nSPS) is 9.74. The minimum atomic E-state index is -0.664. The van der Waals surface area contributed by atoms with Gasteiger partial charge >= 0.3 is 0 Å². The summed E-state index contributed by atoms with van der Waals surface area (Å²) in [5.41, 5.74) is 0.296. The third kappa shape index (κ3) is 2.98. The molecule has 0 N–H and O–H groups in total. The lowest BCUT2D eigenvalue weighted by molar-refractivity contribution is 0.112. The van der Waals surface area contributed by atoms with Crippen LogP contribution in [0.4, 0.5) is 4.39 Å². The van der Waals surface area contributed by atoms with E-state index in [-0.39, 0.29) is 11.3 Å². The Hall–Kier alpha value is -2.19. The van der Waals surface area contributed by atoms with Crippen LogP contribution in [0.2, 0.25) is 0 Å². The monoisotopic (exact) mass is 319 g/mol. The van der Waals surface area contributed by atoms with Gasteiger partial charge in [0.25, 0.3) is 0 Å². The Kier molecular flexibility index (Phi) is 3.93. The smallest absolute Gasteiger partial charge is 0.153 e. The number of aldehydes is 1. The van der Waals surface area contributed by atoms with E-state index in [0.717, 1.165) is 10.5 Å². The van der Waals surface area contributed by atoms with Gasteiger partial charge in [0.15, 0.2) is 6.29 Å². The number of nitrogens with zero attached hydrogens (tertiary/aromatic N) is 1. The summed E-state index contributed by atoms with van der Waals surface area (Å²) in [5.74, 6) is -0.131. The first-order chi connectivity index (χ1) is 9.13. The molecule has 0 aliphatic carbocycles. The molecule has 0 atom stereocenters. The van der Waals surface area contributed by atoms with E-state index in [1.165, 1.54) is 12.1 Å². The maximum absolute atomic E-state index is 13.4. The Morgan fingerprint density at radius 3 is 2.68 bits per heavy atom. The lowest BCUT2D eigenvalue weighted by Crippen LogP contribution is -1.92. The van der Waals surface area contributed by atoms with Gasteiger partial charge in [0, 0.05) is 10.5 Å². The summed E-state index contributed by atoms with van der Waals surface area (Å²) in [6.45, 7) is 0. The van der Waals surface area contributed by atoms with Crippen LogP contribution in [0.1, 0.15) is 15.9 Å².